The van der Waals surface area contributed by atoms with E-state index < -0.39 is 0 Å². The van der Waals surface area contributed by atoms with Gasteiger partial charge in [-0.25, -0.2) is 9.37 Å². The Bertz CT molecular complexity index is 1010. The molecule has 1 amide bonds. The predicted octanol–water partition coefficient (Wildman–Crippen LogP) is 4.57. The number of carbonyl (C=O) groups is 1. The molecule has 8 heteroatoms. The lowest BCUT2D eigenvalue weighted by atomic mass is 10.2. The van der Waals surface area contributed by atoms with Crippen molar-refractivity contribution in [2.24, 2.45) is 0 Å². The van der Waals surface area contributed by atoms with Crippen molar-refractivity contribution >= 4 is 28.8 Å². The van der Waals surface area contributed by atoms with Crippen molar-refractivity contribution in [3.63, 3.8) is 0 Å². The van der Waals surface area contributed by atoms with E-state index in [1.165, 1.54) is 17.4 Å². The van der Waals surface area contributed by atoms with E-state index in [0.29, 0.717) is 22.0 Å². The SMILES string of the molecule is CN1CCN(C(=O)c2csc(-c3ccc(OCc4c(F)cccc4Cl)cc3)n2)CC1. The molecule has 0 spiro atoms. The Morgan fingerprint density at radius 1 is 1.17 bits per heavy atom. The molecular weight excluding hydrogens is 425 g/mol. The molecule has 1 aliphatic heterocycles. The highest BCUT2D eigenvalue weighted by atomic mass is 35.5. The first-order chi connectivity index (χ1) is 14.5. The number of hydrogen-bond acceptors (Lipinski definition) is 5. The Balaban J connectivity index is 1.40. The lowest BCUT2D eigenvalue weighted by Crippen LogP contribution is -2.47. The zero-order chi connectivity index (χ0) is 21.1. The minimum absolute atomic E-state index is 0.0210. The smallest absolute Gasteiger partial charge is 0.273 e. The number of hydrogen-bond donors (Lipinski definition) is 0. The highest BCUT2D eigenvalue weighted by Crippen LogP contribution is 2.27. The van der Waals surface area contributed by atoms with Crippen LogP contribution < -0.4 is 4.74 Å². The summed E-state index contributed by atoms with van der Waals surface area (Å²) in [5.74, 6) is 0.190. The third kappa shape index (κ3) is 4.64. The monoisotopic (exact) mass is 445 g/mol. The molecule has 2 heterocycles. The molecule has 0 N–H and O–H groups in total. The molecule has 1 aliphatic rings. The number of benzene rings is 2. The van der Waals surface area contributed by atoms with Crippen molar-refractivity contribution in [1.82, 2.24) is 14.8 Å². The highest BCUT2D eigenvalue weighted by molar-refractivity contribution is 7.13. The van der Waals surface area contributed by atoms with Gasteiger partial charge in [0.2, 0.25) is 0 Å². The summed E-state index contributed by atoms with van der Waals surface area (Å²) in [6.45, 7) is 3.25. The van der Waals surface area contributed by atoms with Gasteiger partial charge < -0.3 is 14.5 Å². The van der Waals surface area contributed by atoms with E-state index >= 15 is 0 Å². The molecular formula is C22H21ClFN3O2S. The van der Waals surface area contributed by atoms with Gasteiger partial charge in [0.25, 0.3) is 5.91 Å². The van der Waals surface area contributed by atoms with E-state index in [1.54, 1.807) is 29.6 Å². The number of halogens is 2. The maximum absolute atomic E-state index is 13.9. The largest absolute Gasteiger partial charge is 0.489 e. The number of aromatic nitrogens is 1. The van der Waals surface area contributed by atoms with E-state index in [1.807, 2.05) is 17.0 Å². The molecule has 0 aliphatic carbocycles. The van der Waals surface area contributed by atoms with Crippen LogP contribution in [-0.4, -0.2) is 53.9 Å². The molecule has 0 radical (unpaired) electrons. The average Bonchev–Trinajstić information content (AvgIpc) is 3.24. The lowest BCUT2D eigenvalue weighted by molar-refractivity contribution is 0.0659. The summed E-state index contributed by atoms with van der Waals surface area (Å²) in [6.07, 6.45) is 0. The molecule has 1 aromatic heterocycles. The van der Waals surface area contributed by atoms with Gasteiger partial charge in [-0.3, -0.25) is 4.79 Å². The summed E-state index contributed by atoms with van der Waals surface area (Å²) in [6, 6.07) is 11.9. The number of thiazole rings is 1. The number of ether oxygens (including phenoxy) is 1. The standard InChI is InChI=1S/C22H21ClFN3O2S/c1-26-9-11-27(12-10-26)22(28)20-14-30-21(25-20)15-5-7-16(8-6-15)29-13-17-18(23)3-2-4-19(17)24/h2-8,14H,9-13H2,1H3. The quantitative estimate of drug-likeness (QED) is 0.577. The topological polar surface area (TPSA) is 45.7 Å². The van der Waals surface area contributed by atoms with Crippen LogP contribution in [0.15, 0.2) is 47.8 Å². The molecule has 0 atom stereocenters. The average molecular weight is 446 g/mol. The van der Waals surface area contributed by atoms with Gasteiger partial charge in [-0.15, -0.1) is 11.3 Å². The van der Waals surface area contributed by atoms with Gasteiger partial charge in [-0.1, -0.05) is 17.7 Å². The van der Waals surface area contributed by atoms with Crippen LogP contribution in [0, 0.1) is 5.82 Å². The fourth-order valence-electron chi connectivity index (χ4n) is 3.20. The van der Waals surface area contributed by atoms with E-state index in [0.717, 1.165) is 36.8 Å². The van der Waals surface area contributed by atoms with Gasteiger partial charge in [0.15, 0.2) is 0 Å². The van der Waals surface area contributed by atoms with Gasteiger partial charge in [0, 0.05) is 42.7 Å². The van der Waals surface area contributed by atoms with E-state index in [9.17, 15) is 9.18 Å². The van der Waals surface area contributed by atoms with Crippen molar-refractivity contribution in [2.75, 3.05) is 33.2 Å². The van der Waals surface area contributed by atoms with Crippen LogP contribution in [0.1, 0.15) is 16.1 Å². The number of piperazine rings is 1. The maximum Gasteiger partial charge on any atom is 0.273 e. The number of likely N-dealkylation sites (N-methyl/N-ethyl adjacent to an activating group) is 1. The Morgan fingerprint density at radius 2 is 1.90 bits per heavy atom. The van der Waals surface area contributed by atoms with E-state index in [4.69, 9.17) is 16.3 Å². The molecule has 1 fully saturated rings. The van der Waals surface area contributed by atoms with Gasteiger partial charge in [0.05, 0.1) is 5.02 Å². The number of rotatable bonds is 5. The van der Waals surface area contributed by atoms with Gasteiger partial charge in [-0.05, 0) is 43.4 Å². The van der Waals surface area contributed by atoms with Crippen LogP contribution in [0.4, 0.5) is 4.39 Å². The summed E-state index contributed by atoms with van der Waals surface area (Å²) in [5, 5.41) is 2.92. The summed E-state index contributed by atoms with van der Waals surface area (Å²) in [5.41, 5.74) is 1.71. The minimum Gasteiger partial charge on any atom is -0.489 e. The second kappa shape index (κ2) is 9.12. The Labute approximate surface area is 183 Å². The van der Waals surface area contributed by atoms with Gasteiger partial charge in [-0.2, -0.15) is 0 Å². The molecule has 1 saturated heterocycles. The van der Waals surface area contributed by atoms with E-state index in [2.05, 4.69) is 16.9 Å². The molecule has 4 rings (SSSR count). The van der Waals surface area contributed by atoms with Crippen LogP contribution in [0.25, 0.3) is 10.6 Å². The minimum atomic E-state index is -0.389. The molecule has 30 heavy (non-hydrogen) atoms. The molecule has 0 bridgehead atoms. The van der Waals surface area contributed by atoms with Crippen molar-refractivity contribution in [3.05, 3.63) is 69.9 Å². The number of nitrogens with zero attached hydrogens (tertiary/aromatic N) is 3. The van der Waals surface area contributed by atoms with Gasteiger partial charge >= 0.3 is 0 Å². The van der Waals surface area contributed by atoms with Crippen LogP contribution >= 0.6 is 22.9 Å². The third-order valence-electron chi connectivity index (χ3n) is 5.06. The van der Waals surface area contributed by atoms with Crippen LogP contribution in [0.5, 0.6) is 5.75 Å². The summed E-state index contributed by atoms with van der Waals surface area (Å²) in [7, 11) is 2.06. The zero-order valence-electron chi connectivity index (χ0n) is 16.5. The second-order valence-electron chi connectivity index (χ2n) is 7.15. The zero-order valence-corrected chi connectivity index (χ0v) is 18.0. The molecule has 3 aromatic rings. The van der Waals surface area contributed by atoms with Crippen molar-refractivity contribution < 1.29 is 13.9 Å². The second-order valence-corrected chi connectivity index (χ2v) is 8.41. The summed E-state index contributed by atoms with van der Waals surface area (Å²) < 4.78 is 19.5. The fourth-order valence-corrected chi connectivity index (χ4v) is 4.21. The highest BCUT2D eigenvalue weighted by Gasteiger charge is 2.22. The Kier molecular flexibility index (Phi) is 6.32. The Hall–Kier alpha value is -2.48. The molecule has 0 saturated carbocycles. The Morgan fingerprint density at radius 3 is 2.60 bits per heavy atom. The van der Waals surface area contributed by atoms with Crippen molar-refractivity contribution in [3.8, 4) is 16.3 Å². The molecule has 0 unspecified atom stereocenters. The van der Waals surface area contributed by atoms with Crippen LogP contribution in [0.2, 0.25) is 5.02 Å². The first-order valence-electron chi connectivity index (χ1n) is 9.61. The first kappa shape index (κ1) is 20.8. The van der Waals surface area contributed by atoms with Crippen LogP contribution in [0.3, 0.4) is 0 Å². The van der Waals surface area contributed by atoms with Crippen molar-refractivity contribution in [2.45, 2.75) is 6.61 Å². The third-order valence-corrected chi connectivity index (χ3v) is 6.31. The number of carbonyl (C=O) groups excluding carboxylic acids is 1. The number of amides is 1. The fraction of sp³-hybridized carbons (Fsp3) is 0.273. The summed E-state index contributed by atoms with van der Waals surface area (Å²) >= 11 is 7.47. The molecule has 2 aromatic carbocycles. The molecule has 156 valence electrons. The molecule has 5 nitrogen and oxygen atoms in total. The van der Waals surface area contributed by atoms with Crippen LogP contribution in [-0.2, 0) is 6.61 Å². The normalized spacial score (nSPS) is 14.7. The maximum atomic E-state index is 13.9. The first-order valence-corrected chi connectivity index (χ1v) is 10.9. The van der Waals surface area contributed by atoms with Crippen molar-refractivity contribution in [1.29, 1.82) is 0 Å². The van der Waals surface area contributed by atoms with Gasteiger partial charge in [0.1, 0.15) is 28.9 Å². The van der Waals surface area contributed by atoms with E-state index in [-0.39, 0.29) is 18.3 Å². The summed E-state index contributed by atoms with van der Waals surface area (Å²) in [4.78, 5) is 21.3. The lowest BCUT2D eigenvalue weighted by Gasteiger charge is -2.31. The predicted molar refractivity (Wildman–Crippen MR) is 117 cm³/mol.